The van der Waals surface area contributed by atoms with E-state index in [1.807, 2.05) is 41.3 Å². The molecule has 0 unspecified atom stereocenters. The normalized spacial score (nSPS) is 14.3. The average molecular weight is 438 g/mol. The van der Waals surface area contributed by atoms with Crippen molar-refractivity contribution in [3.8, 4) is 5.75 Å². The highest BCUT2D eigenvalue weighted by atomic mass is 16.5. The van der Waals surface area contributed by atoms with E-state index in [-0.39, 0.29) is 11.9 Å². The van der Waals surface area contributed by atoms with Gasteiger partial charge in [-0.25, -0.2) is 9.78 Å². The molecule has 1 aromatic carbocycles. The van der Waals surface area contributed by atoms with E-state index in [4.69, 9.17) is 9.47 Å². The summed E-state index contributed by atoms with van der Waals surface area (Å²) in [6.45, 7) is 7.70. The minimum absolute atomic E-state index is 0.00350. The van der Waals surface area contributed by atoms with Gasteiger partial charge in [0.15, 0.2) is 0 Å². The Bertz CT molecular complexity index is 910. The predicted molar refractivity (Wildman–Crippen MR) is 125 cm³/mol. The molecule has 7 nitrogen and oxygen atoms in total. The maximum absolute atomic E-state index is 12.7. The van der Waals surface area contributed by atoms with Crippen LogP contribution >= 0.6 is 0 Å². The molecule has 1 fully saturated rings. The molecular formula is C25H31N3O4. The Hall–Kier alpha value is -3.35. The molecule has 0 N–H and O–H groups in total. The van der Waals surface area contributed by atoms with Gasteiger partial charge in [-0.2, -0.15) is 0 Å². The van der Waals surface area contributed by atoms with Gasteiger partial charge in [-0.05, 0) is 55.7 Å². The van der Waals surface area contributed by atoms with Crippen LogP contribution in [0.3, 0.4) is 0 Å². The van der Waals surface area contributed by atoms with E-state index in [1.165, 1.54) is 0 Å². The van der Waals surface area contributed by atoms with Gasteiger partial charge < -0.3 is 19.3 Å². The Morgan fingerprint density at radius 2 is 1.84 bits per heavy atom. The van der Waals surface area contributed by atoms with E-state index in [2.05, 4.69) is 16.8 Å². The van der Waals surface area contributed by atoms with Gasteiger partial charge in [-0.15, -0.1) is 0 Å². The zero-order valence-electron chi connectivity index (χ0n) is 18.8. The Kier molecular flexibility index (Phi) is 8.66. The predicted octanol–water partition coefficient (Wildman–Crippen LogP) is 3.80. The van der Waals surface area contributed by atoms with Crippen molar-refractivity contribution in [3.05, 3.63) is 59.8 Å². The summed E-state index contributed by atoms with van der Waals surface area (Å²) in [5.41, 5.74) is 1.40. The zero-order valence-corrected chi connectivity index (χ0v) is 18.8. The Morgan fingerprint density at radius 3 is 2.53 bits per heavy atom. The zero-order chi connectivity index (χ0) is 22.8. The van der Waals surface area contributed by atoms with Crippen LogP contribution in [-0.2, 0) is 9.53 Å². The largest absolute Gasteiger partial charge is 0.494 e. The second-order valence-corrected chi connectivity index (χ2v) is 7.54. The Morgan fingerprint density at radius 1 is 1.03 bits per heavy atom. The van der Waals surface area contributed by atoms with E-state index in [9.17, 15) is 9.59 Å². The molecule has 1 amide bonds. The van der Waals surface area contributed by atoms with Crippen LogP contribution in [0.4, 0.5) is 5.82 Å². The number of anilines is 1. The number of esters is 1. The summed E-state index contributed by atoms with van der Waals surface area (Å²) in [5, 5.41) is 0. The molecule has 1 aromatic heterocycles. The number of benzene rings is 1. The molecule has 2 aromatic rings. The smallest absolute Gasteiger partial charge is 0.339 e. The Balaban J connectivity index is 1.53. The molecule has 2 heterocycles. The summed E-state index contributed by atoms with van der Waals surface area (Å²) in [5.74, 6) is 1.28. The first kappa shape index (κ1) is 23.3. The number of amides is 1. The van der Waals surface area contributed by atoms with Crippen molar-refractivity contribution in [3.63, 3.8) is 0 Å². The number of pyridine rings is 1. The molecule has 170 valence electrons. The number of aromatic nitrogens is 1. The fourth-order valence-electron chi connectivity index (χ4n) is 3.44. The molecule has 0 radical (unpaired) electrons. The maximum atomic E-state index is 12.7. The van der Waals surface area contributed by atoms with E-state index >= 15 is 0 Å². The number of nitrogens with zero attached hydrogens (tertiary/aromatic N) is 3. The highest BCUT2D eigenvalue weighted by molar-refractivity contribution is 5.92. The summed E-state index contributed by atoms with van der Waals surface area (Å²) < 4.78 is 10.6. The summed E-state index contributed by atoms with van der Waals surface area (Å²) in [6, 6.07) is 11.3. The van der Waals surface area contributed by atoms with Crippen LogP contribution in [0, 0.1) is 0 Å². The number of rotatable bonds is 8. The van der Waals surface area contributed by atoms with Crippen molar-refractivity contribution in [1.29, 1.82) is 0 Å². The summed E-state index contributed by atoms with van der Waals surface area (Å²) in [7, 11) is 0. The van der Waals surface area contributed by atoms with E-state index in [0.29, 0.717) is 38.4 Å². The van der Waals surface area contributed by atoms with Crippen molar-refractivity contribution in [1.82, 2.24) is 9.88 Å². The molecule has 0 atom stereocenters. The minimum Gasteiger partial charge on any atom is -0.494 e. The molecule has 0 saturated carbocycles. The third-order valence-electron chi connectivity index (χ3n) is 5.16. The molecule has 0 spiro atoms. The fraction of sp³-hybridized carbons (Fsp3) is 0.400. The average Bonchev–Trinajstić information content (AvgIpc) is 3.08. The van der Waals surface area contributed by atoms with Crippen LogP contribution in [0.5, 0.6) is 5.75 Å². The highest BCUT2D eigenvalue weighted by Gasteiger charge is 2.19. The molecule has 1 aliphatic rings. The quantitative estimate of drug-likeness (QED) is 0.462. The molecule has 0 aliphatic carbocycles. The SMILES string of the molecule is CCCOc1ccc(/C=C/C(=O)N2CCCN(c3ccc(C(=O)OCC)cn3)CC2)cc1. The van der Waals surface area contributed by atoms with Crippen molar-refractivity contribution in [2.45, 2.75) is 26.7 Å². The van der Waals surface area contributed by atoms with Gasteiger partial charge in [0.25, 0.3) is 0 Å². The first-order chi connectivity index (χ1) is 15.6. The summed E-state index contributed by atoms with van der Waals surface area (Å²) in [6.07, 6.45) is 6.83. The highest BCUT2D eigenvalue weighted by Crippen LogP contribution is 2.16. The molecule has 7 heteroatoms. The van der Waals surface area contributed by atoms with E-state index in [1.54, 1.807) is 25.3 Å². The van der Waals surface area contributed by atoms with Crippen LogP contribution in [0.25, 0.3) is 6.08 Å². The van der Waals surface area contributed by atoms with Crippen LogP contribution in [-0.4, -0.2) is 61.2 Å². The van der Waals surface area contributed by atoms with Crippen molar-refractivity contribution in [2.75, 3.05) is 44.3 Å². The molecule has 3 rings (SSSR count). The molecular weight excluding hydrogens is 406 g/mol. The lowest BCUT2D eigenvalue weighted by atomic mass is 10.2. The summed E-state index contributed by atoms with van der Waals surface area (Å²) >= 11 is 0. The number of ether oxygens (including phenoxy) is 2. The standard InChI is InChI=1S/C25H31N3O4/c1-3-18-32-22-10-6-20(7-11-22)8-13-24(29)28-15-5-14-27(16-17-28)23-12-9-21(19-26-23)25(30)31-4-2/h6-13,19H,3-5,14-18H2,1-2H3/b13-8+. The summed E-state index contributed by atoms with van der Waals surface area (Å²) in [4.78, 5) is 32.9. The van der Waals surface area contributed by atoms with Crippen molar-refractivity contribution < 1.29 is 19.1 Å². The molecule has 32 heavy (non-hydrogen) atoms. The van der Waals surface area contributed by atoms with Gasteiger partial charge in [-0.3, -0.25) is 4.79 Å². The lowest BCUT2D eigenvalue weighted by Crippen LogP contribution is -2.34. The van der Waals surface area contributed by atoms with Gasteiger partial charge in [0.2, 0.25) is 5.91 Å². The van der Waals surface area contributed by atoms with Crippen LogP contribution in [0.2, 0.25) is 0 Å². The van der Waals surface area contributed by atoms with E-state index < -0.39 is 0 Å². The first-order valence-corrected chi connectivity index (χ1v) is 11.2. The van der Waals surface area contributed by atoms with Crippen molar-refractivity contribution in [2.24, 2.45) is 0 Å². The van der Waals surface area contributed by atoms with Gasteiger partial charge >= 0.3 is 5.97 Å². The third-order valence-corrected chi connectivity index (χ3v) is 5.16. The van der Waals surface area contributed by atoms with Gasteiger partial charge in [0.1, 0.15) is 11.6 Å². The second kappa shape index (κ2) is 11.9. The molecule has 1 saturated heterocycles. The number of hydrogen-bond acceptors (Lipinski definition) is 6. The lowest BCUT2D eigenvalue weighted by Gasteiger charge is -2.22. The number of carbonyl (C=O) groups excluding carboxylic acids is 2. The second-order valence-electron chi connectivity index (χ2n) is 7.54. The minimum atomic E-state index is -0.367. The van der Waals surface area contributed by atoms with Crippen LogP contribution < -0.4 is 9.64 Å². The molecule has 1 aliphatic heterocycles. The van der Waals surface area contributed by atoms with Crippen molar-refractivity contribution >= 4 is 23.8 Å². The lowest BCUT2D eigenvalue weighted by molar-refractivity contribution is -0.125. The van der Waals surface area contributed by atoms with Crippen LogP contribution in [0.15, 0.2) is 48.7 Å². The third kappa shape index (κ3) is 6.57. The maximum Gasteiger partial charge on any atom is 0.339 e. The number of hydrogen-bond donors (Lipinski definition) is 0. The fourth-order valence-corrected chi connectivity index (χ4v) is 3.44. The van der Waals surface area contributed by atoms with E-state index in [0.717, 1.165) is 36.5 Å². The first-order valence-electron chi connectivity index (χ1n) is 11.2. The Labute approximate surface area is 189 Å². The van der Waals surface area contributed by atoms with Gasteiger partial charge in [-0.1, -0.05) is 19.1 Å². The molecule has 0 bridgehead atoms. The van der Waals surface area contributed by atoms with Gasteiger partial charge in [0.05, 0.1) is 18.8 Å². The topological polar surface area (TPSA) is 72.0 Å². The number of carbonyl (C=O) groups is 2. The monoisotopic (exact) mass is 437 g/mol. The van der Waals surface area contributed by atoms with Crippen LogP contribution in [0.1, 0.15) is 42.6 Å². The van der Waals surface area contributed by atoms with Gasteiger partial charge in [0, 0.05) is 38.5 Å².